The molecule has 0 aromatic heterocycles. The molecule has 0 aromatic carbocycles. The zero-order valence-electron chi connectivity index (χ0n) is 10.5. The summed E-state index contributed by atoms with van der Waals surface area (Å²) < 4.78 is 5.42. The quantitative estimate of drug-likeness (QED) is 0.748. The van der Waals surface area contributed by atoms with Gasteiger partial charge in [0.1, 0.15) is 5.92 Å². The molecule has 2 atom stereocenters. The molecule has 2 aliphatic rings. The third kappa shape index (κ3) is 2.53. The highest BCUT2D eigenvalue weighted by atomic mass is 16.5. The smallest absolute Gasteiger partial charge is 0.330 e. The fourth-order valence-electron chi connectivity index (χ4n) is 2.37. The van der Waals surface area contributed by atoms with Crippen LogP contribution in [0, 0.1) is 5.92 Å². The maximum absolute atomic E-state index is 12.1. The van der Waals surface area contributed by atoms with Crippen molar-refractivity contribution in [1.82, 2.24) is 10.2 Å². The minimum absolute atomic E-state index is 0.0878. The summed E-state index contributed by atoms with van der Waals surface area (Å²) in [6.45, 7) is 2.82. The van der Waals surface area contributed by atoms with E-state index in [1.165, 1.54) is 0 Å². The first-order valence-electron chi connectivity index (χ1n) is 6.41. The molecule has 2 saturated heterocycles. The molecule has 0 bridgehead atoms. The molecule has 2 heterocycles. The lowest BCUT2D eigenvalue weighted by Crippen LogP contribution is -2.59. The molecule has 2 fully saturated rings. The lowest BCUT2D eigenvalue weighted by molar-refractivity contribution is -0.143. The van der Waals surface area contributed by atoms with Crippen molar-refractivity contribution in [3.05, 3.63) is 0 Å². The number of amides is 4. The van der Waals surface area contributed by atoms with Gasteiger partial charge in [-0.15, -0.1) is 0 Å². The summed E-state index contributed by atoms with van der Waals surface area (Å²) in [5, 5.41) is 2.24. The first-order chi connectivity index (χ1) is 8.63. The Balaban J connectivity index is 2.05. The molecule has 6 nitrogen and oxygen atoms in total. The van der Waals surface area contributed by atoms with Crippen LogP contribution in [0.2, 0.25) is 0 Å². The Labute approximate surface area is 106 Å². The summed E-state index contributed by atoms with van der Waals surface area (Å²) in [6.07, 6.45) is 2.91. The van der Waals surface area contributed by atoms with Gasteiger partial charge in [-0.25, -0.2) is 4.79 Å². The summed E-state index contributed by atoms with van der Waals surface area (Å²) in [7, 11) is 0. The van der Waals surface area contributed by atoms with E-state index in [4.69, 9.17) is 4.74 Å². The maximum Gasteiger partial charge on any atom is 0.330 e. The molecule has 6 heteroatoms. The van der Waals surface area contributed by atoms with Crippen LogP contribution in [0.5, 0.6) is 0 Å². The predicted octanol–water partition coefficient (Wildman–Crippen LogP) is 0.660. The minimum Gasteiger partial charge on any atom is -0.376 e. The summed E-state index contributed by atoms with van der Waals surface area (Å²) >= 11 is 0. The number of rotatable bonds is 4. The van der Waals surface area contributed by atoms with Gasteiger partial charge in [-0.3, -0.25) is 19.8 Å². The second-order valence-corrected chi connectivity index (χ2v) is 4.72. The second kappa shape index (κ2) is 5.48. The summed E-state index contributed by atoms with van der Waals surface area (Å²) in [5.41, 5.74) is 0. The molecular weight excluding hydrogens is 236 g/mol. The van der Waals surface area contributed by atoms with E-state index in [9.17, 15) is 14.4 Å². The van der Waals surface area contributed by atoms with E-state index in [0.29, 0.717) is 13.0 Å². The first-order valence-corrected chi connectivity index (χ1v) is 6.41. The second-order valence-electron chi connectivity index (χ2n) is 4.72. The van der Waals surface area contributed by atoms with E-state index in [1.54, 1.807) is 0 Å². The molecule has 18 heavy (non-hydrogen) atoms. The third-order valence-electron chi connectivity index (χ3n) is 3.34. The molecular formula is C12H18N2O4. The van der Waals surface area contributed by atoms with Gasteiger partial charge in [0.25, 0.3) is 0 Å². The van der Waals surface area contributed by atoms with Crippen LogP contribution < -0.4 is 5.32 Å². The van der Waals surface area contributed by atoms with Crippen molar-refractivity contribution >= 4 is 17.8 Å². The highest BCUT2D eigenvalue weighted by molar-refractivity contribution is 6.16. The Hall–Kier alpha value is -1.43. The average Bonchev–Trinajstić information content (AvgIpc) is 2.83. The Morgan fingerprint density at radius 1 is 1.39 bits per heavy atom. The van der Waals surface area contributed by atoms with Gasteiger partial charge in [-0.05, 0) is 19.3 Å². The Bertz CT molecular complexity index is 363. The molecule has 0 aliphatic carbocycles. The number of hydrogen-bond donors (Lipinski definition) is 1. The van der Waals surface area contributed by atoms with Crippen molar-refractivity contribution in [2.75, 3.05) is 13.2 Å². The van der Waals surface area contributed by atoms with Crippen molar-refractivity contribution < 1.29 is 19.1 Å². The molecule has 0 saturated carbocycles. The predicted molar refractivity (Wildman–Crippen MR) is 62.6 cm³/mol. The fourth-order valence-corrected chi connectivity index (χ4v) is 2.37. The summed E-state index contributed by atoms with van der Waals surface area (Å²) in [6, 6.07) is -0.618. The average molecular weight is 254 g/mol. The number of barbiturate groups is 1. The largest absolute Gasteiger partial charge is 0.376 e. The fraction of sp³-hybridized carbons (Fsp3) is 0.750. The van der Waals surface area contributed by atoms with E-state index < -0.39 is 17.9 Å². The van der Waals surface area contributed by atoms with Crippen molar-refractivity contribution in [3.63, 3.8) is 0 Å². The Morgan fingerprint density at radius 3 is 2.78 bits per heavy atom. The van der Waals surface area contributed by atoms with Crippen molar-refractivity contribution in [3.8, 4) is 0 Å². The first kappa shape index (κ1) is 13.0. The van der Waals surface area contributed by atoms with Gasteiger partial charge in [0.2, 0.25) is 11.8 Å². The van der Waals surface area contributed by atoms with Crippen LogP contribution >= 0.6 is 0 Å². The van der Waals surface area contributed by atoms with Gasteiger partial charge in [0.05, 0.1) is 12.6 Å². The zero-order chi connectivity index (χ0) is 13.1. The Morgan fingerprint density at radius 2 is 2.17 bits per heavy atom. The number of carbonyl (C=O) groups is 3. The molecule has 2 rings (SSSR count). The van der Waals surface area contributed by atoms with Crippen LogP contribution in [0.4, 0.5) is 4.79 Å². The van der Waals surface area contributed by atoms with Crippen LogP contribution in [-0.2, 0) is 14.3 Å². The Kier molecular flexibility index (Phi) is 3.96. The SMILES string of the molecule is CCCC1C(=O)NC(=O)N(CC2CCCO2)C1=O. The minimum atomic E-state index is -0.728. The molecule has 0 radical (unpaired) electrons. The number of imide groups is 2. The highest BCUT2D eigenvalue weighted by Crippen LogP contribution is 2.19. The third-order valence-corrected chi connectivity index (χ3v) is 3.34. The van der Waals surface area contributed by atoms with Crippen LogP contribution in [0.1, 0.15) is 32.6 Å². The van der Waals surface area contributed by atoms with Crippen molar-refractivity contribution in [2.24, 2.45) is 5.92 Å². The molecule has 2 unspecified atom stereocenters. The van der Waals surface area contributed by atoms with Gasteiger partial charge in [-0.2, -0.15) is 0 Å². The lowest BCUT2D eigenvalue weighted by Gasteiger charge is -2.31. The monoisotopic (exact) mass is 254 g/mol. The normalized spacial score (nSPS) is 28.7. The van der Waals surface area contributed by atoms with Crippen LogP contribution in [0.15, 0.2) is 0 Å². The molecule has 0 aromatic rings. The number of nitrogens with zero attached hydrogens (tertiary/aromatic N) is 1. The number of nitrogens with one attached hydrogen (secondary N) is 1. The molecule has 2 aliphatic heterocycles. The number of ether oxygens (including phenoxy) is 1. The summed E-state index contributed by atoms with van der Waals surface area (Å²) in [5.74, 6) is -1.59. The van der Waals surface area contributed by atoms with E-state index in [0.717, 1.165) is 24.2 Å². The molecule has 100 valence electrons. The van der Waals surface area contributed by atoms with Gasteiger partial charge in [-0.1, -0.05) is 13.3 Å². The van der Waals surface area contributed by atoms with E-state index in [2.05, 4.69) is 5.32 Å². The standard InChI is InChI=1S/C12H18N2O4/c1-2-4-9-10(15)13-12(17)14(11(9)16)7-8-5-3-6-18-8/h8-9H,2-7H2,1H3,(H,13,15,17). The lowest BCUT2D eigenvalue weighted by atomic mass is 9.99. The number of carbonyl (C=O) groups excluding carboxylic acids is 3. The topological polar surface area (TPSA) is 75.7 Å². The van der Waals surface area contributed by atoms with Crippen LogP contribution in [0.25, 0.3) is 0 Å². The van der Waals surface area contributed by atoms with Crippen molar-refractivity contribution in [1.29, 1.82) is 0 Å². The summed E-state index contributed by atoms with van der Waals surface area (Å²) in [4.78, 5) is 36.5. The maximum atomic E-state index is 12.1. The zero-order valence-corrected chi connectivity index (χ0v) is 10.5. The number of hydrogen-bond acceptors (Lipinski definition) is 4. The van der Waals surface area contributed by atoms with Gasteiger partial charge < -0.3 is 4.74 Å². The van der Waals surface area contributed by atoms with Gasteiger partial charge in [0.15, 0.2) is 0 Å². The van der Waals surface area contributed by atoms with Gasteiger partial charge >= 0.3 is 6.03 Å². The highest BCUT2D eigenvalue weighted by Gasteiger charge is 2.40. The van der Waals surface area contributed by atoms with E-state index in [1.807, 2.05) is 6.92 Å². The van der Waals surface area contributed by atoms with Crippen LogP contribution in [0.3, 0.4) is 0 Å². The van der Waals surface area contributed by atoms with Gasteiger partial charge in [0, 0.05) is 6.61 Å². The number of urea groups is 1. The van der Waals surface area contributed by atoms with Crippen molar-refractivity contribution in [2.45, 2.75) is 38.7 Å². The van der Waals surface area contributed by atoms with Crippen LogP contribution in [-0.4, -0.2) is 42.0 Å². The molecule has 1 N–H and O–H groups in total. The molecule has 4 amide bonds. The van der Waals surface area contributed by atoms with E-state index in [-0.39, 0.29) is 18.6 Å². The van der Waals surface area contributed by atoms with E-state index >= 15 is 0 Å². The molecule has 0 spiro atoms.